The van der Waals surface area contributed by atoms with Crippen molar-refractivity contribution in [1.82, 2.24) is 9.55 Å². The highest BCUT2D eigenvalue weighted by molar-refractivity contribution is 9.10. The van der Waals surface area contributed by atoms with E-state index in [0.29, 0.717) is 12.1 Å². The number of benzene rings is 1. The molecule has 0 amide bonds. The minimum Gasteiger partial charge on any atom is -0.287 e. The molecule has 3 nitrogen and oxygen atoms in total. The van der Waals surface area contributed by atoms with Crippen molar-refractivity contribution in [2.24, 2.45) is 0 Å². The van der Waals surface area contributed by atoms with Crippen molar-refractivity contribution in [3.8, 4) is 5.69 Å². The van der Waals surface area contributed by atoms with Crippen molar-refractivity contribution in [2.75, 3.05) is 0 Å². The first-order valence-corrected chi connectivity index (χ1v) is 9.50. The topological polar surface area (TPSA) is 34.9 Å². The lowest BCUT2D eigenvalue weighted by molar-refractivity contribution is -0.137. The number of alkyl halides is 6. The molecule has 0 saturated carbocycles. The van der Waals surface area contributed by atoms with Gasteiger partial charge in [-0.15, -0.1) is 0 Å². The minimum absolute atomic E-state index is 0.0648. The van der Waals surface area contributed by atoms with E-state index >= 15 is 0 Å². The summed E-state index contributed by atoms with van der Waals surface area (Å²) in [6, 6.07) is 1.35. The number of rotatable bonds is 3. The van der Waals surface area contributed by atoms with Crippen LogP contribution < -0.4 is 0 Å². The number of aryl methyl sites for hydroxylation is 1. The molecule has 0 spiro atoms. The Morgan fingerprint density at radius 3 is 2.04 bits per heavy atom. The van der Waals surface area contributed by atoms with E-state index in [1.807, 2.05) is 0 Å². The SMILES string of the molecule is Cc1nc(S(=O)C(F)(Cl)Cl)c(Br)n1-c1c(Cl)cc(C(F)(F)F)cc1Cl. The lowest BCUT2D eigenvalue weighted by Crippen LogP contribution is -2.14. The standard InChI is InChI=1S/C12H5BrCl4F4N2OS/c1-4-22-10(25(24)12(16,17)21)9(13)23(4)8-6(14)2-5(3-7(8)15)11(18,19)20/h2-3H,1H3. The predicted octanol–water partition coefficient (Wildman–Crippen LogP) is 6.43. The van der Waals surface area contributed by atoms with Gasteiger partial charge in [0.25, 0.3) is 0 Å². The van der Waals surface area contributed by atoms with Gasteiger partial charge in [0.05, 0.1) is 21.3 Å². The maximum Gasteiger partial charge on any atom is 0.416 e. The van der Waals surface area contributed by atoms with Gasteiger partial charge in [0, 0.05) is 0 Å². The van der Waals surface area contributed by atoms with Gasteiger partial charge in [0.15, 0.2) is 5.03 Å². The van der Waals surface area contributed by atoms with Crippen LogP contribution >= 0.6 is 62.3 Å². The fraction of sp³-hybridized carbons (Fsp3) is 0.250. The van der Waals surface area contributed by atoms with Gasteiger partial charge in [0.2, 0.25) is 0 Å². The van der Waals surface area contributed by atoms with Crippen LogP contribution in [0.4, 0.5) is 17.6 Å². The lowest BCUT2D eigenvalue weighted by atomic mass is 10.2. The van der Waals surface area contributed by atoms with Crippen LogP contribution in [0.1, 0.15) is 11.4 Å². The fourth-order valence-corrected chi connectivity index (χ4v) is 4.65. The summed E-state index contributed by atoms with van der Waals surface area (Å²) in [4.78, 5) is 3.87. The molecule has 2 rings (SSSR count). The van der Waals surface area contributed by atoms with Crippen LogP contribution in [0.25, 0.3) is 5.69 Å². The maximum absolute atomic E-state index is 13.5. The quantitative estimate of drug-likeness (QED) is 0.344. The third-order valence-electron chi connectivity index (χ3n) is 2.91. The number of hydrogen-bond donors (Lipinski definition) is 0. The number of aromatic nitrogens is 2. The van der Waals surface area contributed by atoms with Crippen LogP contribution in [-0.2, 0) is 17.0 Å². The van der Waals surface area contributed by atoms with Crippen LogP contribution in [0.5, 0.6) is 0 Å². The Labute approximate surface area is 169 Å². The van der Waals surface area contributed by atoms with Gasteiger partial charge in [-0.2, -0.15) is 17.6 Å². The van der Waals surface area contributed by atoms with Crippen LogP contribution in [0.3, 0.4) is 0 Å². The zero-order valence-corrected chi connectivity index (χ0v) is 17.2. The zero-order valence-electron chi connectivity index (χ0n) is 11.8. The van der Waals surface area contributed by atoms with E-state index in [1.54, 1.807) is 0 Å². The van der Waals surface area contributed by atoms with E-state index in [2.05, 4.69) is 20.9 Å². The van der Waals surface area contributed by atoms with Crippen molar-refractivity contribution >= 4 is 73.1 Å². The maximum atomic E-state index is 13.5. The Kier molecular flexibility index (Phi) is 6.09. The van der Waals surface area contributed by atoms with Crippen LogP contribution in [-0.4, -0.2) is 17.7 Å². The van der Waals surface area contributed by atoms with Gasteiger partial charge in [-0.1, -0.05) is 46.4 Å². The smallest absolute Gasteiger partial charge is 0.287 e. The summed E-state index contributed by atoms with van der Waals surface area (Å²) in [7, 11) is -2.59. The van der Waals surface area contributed by atoms with E-state index < -0.39 is 26.5 Å². The highest BCUT2D eigenvalue weighted by atomic mass is 79.9. The molecule has 0 aliphatic rings. The average molecular weight is 523 g/mol. The summed E-state index contributed by atoms with van der Waals surface area (Å²) in [5.41, 5.74) is -1.11. The first kappa shape index (κ1) is 21.2. The molecule has 0 saturated heterocycles. The molecular formula is C12H5BrCl4F4N2OS. The molecule has 1 atom stereocenters. The molecule has 138 valence electrons. The molecule has 1 unspecified atom stereocenters. The Balaban J connectivity index is 2.69. The van der Waals surface area contributed by atoms with E-state index in [4.69, 9.17) is 46.4 Å². The second-order valence-corrected chi connectivity index (χ2v) is 9.33. The summed E-state index contributed by atoms with van der Waals surface area (Å²) in [6.07, 6.45) is -4.65. The fourth-order valence-electron chi connectivity index (χ4n) is 1.91. The number of imidazole rings is 1. The second-order valence-electron chi connectivity index (χ2n) is 4.59. The Bertz CT molecular complexity index is 843. The molecule has 0 aliphatic heterocycles. The summed E-state index contributed by atoms with van der Waals surface area (Å²) < 4.78 is 62.0. The minimum atomic E-state index is -4.65. The molecule has 2 aromatic rings. The summed E-state index contributed by atoms with van der Waals surface area (Å²) in [5, 5.41) is -1.06. The molecular weight excluding hydrogens is 518 g/mol. The van der Waals surface area contributed by atoms with Gasteiger partial charge in [-0.25, -0.2) is 9.19 Å². The predicted molar refractivity (Wildman–Crippen MR) is 93.0 cm³/mol. The van der Waals surface area contributed by atoms with Crippen molar-refractivity contribution in [1.29, 1.82) is 0 Å². The highest BCUT2D eigenvalue weighted by Crippen LogP contribution is 2.41. The largest absolute Gasteiger partial charge is 0.416 e. The summed E-state index contributed by atoms with van der Waals surface area (Å²) in [5.74, 6) is 0.108. The molecule has 25 heavy (non-hydrogen) atoms. The first-order chi connectivity index (χ1) is 11.2. The summed E-state index contributed by atoms with van der Waals surface area (Å²) >= 11 is 25.3. The van der Waals surface area contributed by atoms with Crippen molar-refractivity contribution in [3.05, 3.63) is 38.2 Å². The second kappa shape index (κ2) is 7.16. The molecule has 0 N–H and O–H groups in total. The molecule has 0 fully saturated rings. The Morgan fingerprint density at radius 1 is 1.16 bits per heavy atom. The highest BCUT2D eigenvalue weighted by Gasteiger charge is 2.37. The Morgan fingerprint density at radius 2 is 1.64 bits per heavy atom. The van der Waals surface area contributed by atoms with Gasteiger partial charge in [0.1, 0.15) is 21.2 Å². The molecule has 1 aromatic carbocycles. The van der Waals surface area contributed by atoms with E-state index in [9.17, 15) is 21.8 Å². The monoisotopic (exact) mass is 520 g/mol. The van der Waals surface area contributed by atoms with Crippen LogP contribution in [0, 0.1) is 6.92 Å². The molecule has 13 heteroatoms. The zero-order chi connectivity index (χ0) is 19.3. The summed E-state index contributed by atoms with van der Waals surface area (Å²) in [6.45, 7) is 1.41. The number of halogens is 9. The molecule has 0 radical (unpaired) electrons. The van der Waals surface area contributed by atoms with Crippen LogP contribution in [0.2, 0.25) is 10.0 Å². The lowest BCUT2D eigenvalue weighted by Gasteiger charge is -2.15. The first-order valence-electron chi connectivity index (χ1n) is 6.05. The Hall–Kier alpha value is -0.0600. The third kappa shape index (κ3) is 4.27. The van der Waals surface area contributed by atoms with Crippen LogP contribution in [0.15, 0.2) is 21.8 Å². The molecule has 1 aromatic heterocycles. The van der Waals surface area contributed by atoms with Gasteiger partial charge in [-0.3, -0.25) is 4.57 Å². The van der Waals surface area contributed by atoms with E-state index in [1.165, 1.54) is 6.92 Å². The van der Waals surface area contributed by atoms with Gasteiger partial charge >= 0.3 is 10.1 Å². The normalized spacial score (nSPS) is 14.0. The molecule has 0 bridgehead atoms. The number of hydrogen-bond acceptors (Lipinski definition) is 2. The van der Waals surface area contributed by atoms with Gasteiger partial charge < -0.3 is 0 Å². The average Bonchev–Trinajstić information content (AvgIpc) is 2.71. The van der Waals surface area contributed by atoms with Crippen molar-refractivity contribution < 1.29 is 21.8 Å². The van der Waals surface area contributed by atoms with E-state index in [0.717, 1.165) is 4.57 Å². The van der Waals surface area contributed by atoms with Crippen molar-refractivity contribution in [2.45, 2.75) is 22.0 Å². The van der Waals surface area contributed by atoms with Crippen molar-refractivity contribution in [3.63, 3.8) is 0 Å². The molecule has 0 aliphatic carbocycles. The molecule has 1 heterocycles. The number of nitrogens with zero attached hydrogens (tertiary/aromatic N) is 2. The third-order valence-corrected chi connectivity index (χ3v) is 6.38. The van der Waals surface area contributed by atoms with Gasteiger partial charge in [-0.05, 0) is 35.0 Å². The van der Waals surface area contributed by atoms with E-state index in [-0.39, 0.29) is 31.2 Å².